The van der Waals surface area contributed by atoms with E-state index >= 15 is 0 Å². The molecule has 0 aliphatic carbocycles. The Bertz CT molecular complexity index is 102. The zero-order chi connectivity index (χ0) is 6.78. The minimum absolute atomic E-state index is 0.458. The third-order valence-electron chi connectivity index (χ3n) is 0.823. The molecule has 1 atom stereocenters. The van der Waals surface area contributed by atoms with E-state index in [2.05, 4.69) is 0 Å². The Morgan fingerprint density at radius 1 is 1.88 bits per heavy atom. The number of nitrogens with two attached hydrogens (primary N) is 1. The Balaban J connectivity index is 3.91. The van der Waals surface area contributed by atoms with Crippen molar-refractivity contribution in [2.45, 2.75) is 10.5 Å². The number of primary amides is 1. The van der Waals surface area contributed by atoms with Crippen molar-refractivity contribution in [3.63, 3.8) is 0 Å². The van der Waals surface area contributed by atoms with Crippen LogP contribution < -0.4 is 5.73 Å². The summed E-state index contributed by atoms with van der Waals surface area (Å²) in [4.78, 5) is 10.3. The molecule has 8 heavy (non-hydrogen) atoms. The molecule has 4 heteroatoms. The summed E-state index contributed by atoms with van der Waals surface area (Å²) in [6.07, 6.45) is 0. The minimum Gasteiger partial charge on any atom is -0.366 e. The van der Waals surface area contributed by atoms with Crippen LogP contribution in [0.5, 0.6) is 0 Å². The van der Waals surface area contributed by atoms with Gasteiger partial charge in [0, 0.05) is 7.11 Å². The molecule has 3 nitrogen and oxygen atoms in total. The number of carbonyl (C=O) groups excluding carboxylic acids is 1. The van der Waals surface area contributed by atoms with Gasteiger partial charge in [-0.05, 0) is 29.5 Å². The Kier molecular flexibility index (Phi) is 2.68. The van der Waals surface area contributed by atoms with Crippen LogP contribution in [0.2, 0.25) is 0 Å². The van der Waals surface area contributed by atoms with Crippen molar-refractivity contribution in [3.05, 3.63) is 0 Å². The topological polar surface area (TPSA) is 52.3 Å². The van der Waals surface area contributed by atoms with Crippen LogP contribution in [0.25, 0.3) is 0 Å². The normalized spacial score (nSPS) is 17.4. The van der Waals surface area contributed by atoms with Gasteiger partial charge in [0.2, 0.25) is 0 Å². The Morgan fingerprint density at radius 3 is 2.25 bits per heavy atom. The zero-order valence-corrected chi connectivity index (χ0v) is 6.93. The SMILES string of the molecule is COC(C)(I)C(N)=O. The molecule has 0 aromatic carbocycles. The van der Waals surface area contributed by atoms with Gasteiger partial charge >= 0.3 is 0 Å². The first-order chi connectivity index (χ1) is 3.50. The van der Waals surface area contributed by atoms with Crippen LogP contribution in [0.15, 0.2) is 0 Å². The van der Waals surface area contributed by atoms with Crippen molar-refractivity contribution in [3.8, 4) is 0 Å². The van der Waals surface area contributed by atoms with E-state index in [0.717, 1.165) is 0 Å². The standard InChI is InChI=1S/C4H8INO2/c1-4(5,8-2)3(6)7/h1-2H3,(H2,6,7). The van der Waals surface area contributed by atoms with E-state index in [1.165, 1.54) is 7.11 Å². The van der Waals surface area contributed by atoms with Crippen LogP contribution in [0, 0.1) is 0 Å². The molecule has 1 unspecified atom stereocenters. The molecular weight excluding hydrogens is 221 g/mol. The van der Waals surface area contributed by atoms with Gasteiger partial charge in [0.05, 0.1) is 0 Å². The van der Waals surface area contributed by atoms with Gasteiger partial charge in [-0.2, -0.15) is 0 Å². The van der Waals surface area contributed by atoms with Crippen molar-refractivity contribution in [2.24, 2.45) is 5.73 Å². The molecule has 1 amide bonds. The van der Waals surface area contributed by atoms with Gasteiger partial charge in [-0.3, -0.25) is 4.79 Å². The lowest BCUT2D eigenvalue weighted by atomic mass is 10.4. The van der Waals surface area contributed by atoms with E-state index in [0.29, 0.717) is 0 Å². The molecule has 2 N–H and O–H groups in total. The molecule has 0 heterocycles. The fourth-order valence-electron chi connectivity index (χ4n) is 0.101. The molecule has 0 saturated carbocycles. The molecular formula is C4H8INO2. The molecule has 0 spiro atoms. The predicted molar refractivity (Wildman–Crippen MR) is 38.6 cm³/mol. The summed E-state index contributed by atoms with van der Waals surface area (Å²) in [5.41, 5.74) is 4.91. The summed E-state index contributed by atoms with van der Waals surface area (Å²) in [6, 6.07) is 0. The second kappa shape index (κ2) is 2.63. The molecule has 48 valence electrons. The number of methoxy groups -OCH3 is 1. The summed E-state index contributed by atoms with van der Waals surface area (Å²) < 4.78 is 3.86. The van der Waals surface area contributed by atoms with Crippen LogP contribution in [0.3, 0.4) is 0 Å². The Labute approximate surface area is 61.7 Å². The number of hydrogen-bond acceptors (Lipinski definition) is 2. The predicted octanol–water partition coefficient (Wildman–Crippen LogP) is 0.269. The Hall–Kier alpha value is 0.160. The summed E-state index contributed by atoms with van der Waals surface area (Å²) in [5.74, 6) is -0.458. The van der Waals surface area contributed by atoms with Gasteiger partial charge in [0.1, 0.15) is 0 Å². The fraction of sp³-hybridized carbons (Fsp3) is 0.750. The monoisotopic (exact) mass is 229 g/mol. The molecule has 0 radical (unpaired) electrons. The number of ether oxygens (including phenoxy) is 1. The molecule has 0 bridgehead atoms. The lowest BCUT2D eigenvalue weighted by molar-refractivity contribution is -0.127. The molecule has 0 aliphatic rings. The van der Waals surface area contributed by atoms with Crippen molar-refractivity contribution < 1.29 is 9.53 Å². The fourth-order valence-corrected chi connectivity index (χ4v) is 0.101. The molecule has 0 aromatic heterocycles. The maximum atomic E-state index is 10.3. The van der Waals surface area contributed by atoms with Gasteiger partial charge in [-0.1, -0.05) is 0 Å². The summed E-state index contributed by atoms with van der Waals surface area (Å²) in [5, 5.41) is 0. The number of rotatable bonds is 2. The van der Waals surface area contributed by atoms with E-state index in [4.69, 9.17) is 10.5 Å². The highest BCUT2D eigenvalue weighted by Gasteiger charge is 2.25. The second-order valence-corrected chi connectivity index (χ2v) is 3.54. The first kappa shape index (κ1) is 8.16. The lowest BCUT2D eigenvalue weighted by Crippen LogP contribution is -2.36. The average Bonchev–Trinajstić information content (AvgIpc) is 1.67. The van der Waals surface area contributed by atoms with Crippen molar-refractivity contribution in [1.82, 2.24) is 0 Å². The quantitative estimate of drug-likeness (QED) is 0.545. The minimum atomic E-state index is -0.849. The molecule has 0 fully saturated rings. The highest BCUT2D eigenvalue weighted by atomic mass is 127. The van der Waals surface area contributed by atoms with Gasteiger partial charge in [-0.25, -0.2) is 0 Å². The first-order valence-electron chi connectivity index (χ1n) is 2.04. The molecule has 0 saturated heterocycles. The number of halogens is 1. The smallest absolute Gasteiger partial charge is 0.259 e. The van der Waals surface area contributed by atoms with Crippen molar-refractivity contribution in [2.75, 3.05) is 7.11 Å². The summed E-state index contributed by atoms with van der Waals surface area (Å²) in [6.45, 7) is 1.61. The van der Waals surface area contributed by atoms with E-state index in [1.54, 1.807) is 6.92 Å². The van der Waals surface area contributed by atoms with E-state index in [1.807, 2.05) is 22.6 Å². The van der Waals surface area contributed by atoms with Crippen molar-refractivity contribution >= 4 is 28.5 Å². The maximum absolute atomic E-state index is 10.3. The number of carbonyl (C=O) groups is 1. The molecule has 0 rings (SSSR count). The number of alkyl halides is 1. The van der Waals surface area contributed by atoms with Crippen LogP contribution >= 0.6 is 22.6 Å². The maximum Gasteiger partial charge on any atom is 0.259 e. The lowest BCUT2D eigenvalue weighted by Gasteiger charge is -2.14. The highest BCUT2D eigenvalue weighted by molar-refractivity contribution is 14.1. The van der Waals surface area contributed by atoms with Crippen LogP contribution in [-0.4, -0.2) is 16.6 Å². The van der Waals surface area contributed by atoms with E-state index < -0.39 is 9.51 Å². The molecule has 0 aliphatic heterocycles. The van der Waals surface area contributed by atoms with Gasteiger partial charge < -0.3 is 10.5 Å². The molecule has 0 aromatic rings. The first-order valence-corrected chi connectivity index (χ1v) is 3.12. The highest BCUT2D eigenvalue weighted by Crippen LogP contribution is 2.16. The average molecular weight is 229 g/mol. The van der Waals surface area contributed by atoms with Crippen molar-refractivity contribution in [1.29, 1.82) is 0 Å². The van der Waals surface area contributed by atoms with Crippen LogP contribution in [0.4, 0.5) is 0 Å². The third-order valence-corrected chi connectivity index (χ3v) is 1.80. The number of hydrogen-bond donors (Lipinski definition) is 1. The summed E-state index contributed by atoms with van der Waals surface area (Å²) >= 11 is 1.83. The van der Waals surface area contributed by atoms with Crippen LogP contribution in [0.1, 0.15) is 6.92 Å². The van der Waals surface area contributed by atoms with E-state index in [9.17, 15) is 4.79 Å². The Morgan fingerprint density at radius 2 is 2.25 bits per heavy atom. The second-order valence-electron chi connectivity index (χ2n) is 1.49. The van der Waals surface area contributed by atoms with Gasteiger partial charge in [-0.15, -0.1) is 0 Å². The summed E-state index contributed by atoms with van der Waals surface area (Å²) in [7, 11) is 1.44. The van der Waals surface area contributed by atoms with Gasteiger partial charge in [0.25, 0.3) is 5.91 Å². The number of amides is 1. The zero-order valence-electron chi connectivity index (χ0n) is 4.77. The largest absolute Gasteiger partial charge is 0.366 e. The van der Waals surface area contributed by atoms with Crippen LogP contribution in [-0.2, 0) is 9.53 Å². The van der Waals surface area contributed by atoms with E-state index in [-0.39, 0.29) is 0 Å². The third kappa shape index (κ3) is 1.95. The van der Waals surface area contributed by atoms with Gasteiger partial charge in [0.15, 0.2) is 3.61 Å².